The van der Waals surface area contributed by atoms with E-state index in [0.717, 1.165) is 11.1 Å². The van der Waals surface area contributed by atoms with Gasteiger partial charge in [0.25, 0.3) is 5.91 Å². The van der Waals surface area contributed by atoms with E-state index in [2.05, 4.69) is 4.98 Å². The van der Waals surface area contributed by atoms with Gasteiger partial charge in [0, 0.05) is 11.6 Å². The molecular formula is C21H18N2O4. The molecule has 0 radical (unpaired) electrons. The number of carbonyl (C=O) groups is 1. The molecule has 0 bridgehead atoms. The summed E-state index contributed by atoms with van der Waals surface area (Å²) in [5.41, 5.74) is 1.34. The molecule has 136 valence electrons. The predicted octanol–water partition coefficient (Wildman–Crippen LogP) is 4.27. The molecule has 0 unspecified atom stereocenters. The number of fused-ring (bicyclic) bond motifs is 1. The average Bonchev–Trinajstić information content (AvgIpc) is 3.37. The Morgan fingerprint density at radius 2 is 2.04 bits per heavy atom. The van der Waals surface area contributed by atoms with Crippen molar-refractivity contribution in [2.75, 3.05) is 7.11 Å². The number of rotatable bonds is 6. The van der Waals surface area contributed by atoms with E-state index >= 15 is 0 Å². The lowest BCUT2D eigenvalue weighted by molar-refractivity contribution is 0.0685. The van der Waals surface area contributed by atoms with Gasteiger partial charge in [0.2, 0.25) is 0 Å². The lowest BCUT2D eigenvalue weighted by Gasteiger charge is -2.20. The van der Waals surface area contributed by atoms with Gasteiger partial charge in [-0.25, -0.2) is 0 Å². The number of hydrogen-bond donors (Lipinski definition) is 0. The molecule has 0 aliphatic rings. The van der Waals surface area contributed by atoms with Crippen molar-refractivity contribution in [3.8, 4) is 5.75 Å². The number of carbonyl (C=O) groups excluding carboxylic acids is 1. The monoisotopic (exact) mass is 362 g/mol. The quantitative estimate of drug-likeness (QED) is 0.512. The molecule has 3 heterocycles. The summed E-state index contributed by atoms with van der Waals surface area (Å²) in [4.78, 5) is 19.1. The minimum atomic E-state index is -0.240. The minimum absolute atomic E-state index is 0.240. The van der Waals surface area contributed by atoms with E-state index in [4.69, 9.17) is 13.6 Å². The molecule has 0 saturated carbocycles. The van der Waals surface area contributed by atoms with E-state index in [9.17, 15) is 4.79 Å². The molecule has 6 nitrogen and oxygen atoms in total. The smallest absolute Gasteiger partial charge is 0.290 e. The van der Waals surface area contributed by atoms with E-state index in [-0.39, 0.29) is 11.7 Å². The molecule has 1 amide bonds. The molecule has 4 rings (SSSR count). The zero-order chi connectivity index (χ0) is 18.6. The van der Waals surface area contributed by atoms with E-state index < -0.39 is 0 Å². The number of benzene rings is 1. The van der Waals surface area contributed by atoms with Crippen molar-refractivity contribution in [3.63, 3.8) is 0 Å². The molecule has 4 aromatic rings. The van der Waals surface area contributed by atoms with Crippen LogP contribution in [0.2, 0.25) is 0 Å². The average molecular weight is 362 g/mol. The van der Waals surface area contributed by atoms with Crippen LogP contribution in [0.1, 0.15) is 22.0 Å². The highest BCUT2D eigenvalue weighted by Crippen LogP contribution is 2.29. The van der Waals surface area contributed by atoms with Gasteiger partial charge in [-0.2, -0.15) is 0 Å². The lowest BCUT2D eigenvalue weighted by Crippen LogP contribution is -2.30. The third-order valence-corrected chi connectivity index (χ3v) is 4.23. The Hall–Kier alpha value is -3.54. The lowest BCUT2D eigenvalue weighted by atomic mass is 10.2. The predicted molar refractivity (Wildman–Crippen MR) is 99.3 cm³/mol. The van der Waals surface area contributed by atoms with Crippen LogP contribution in [0.5, 0.6) is 5.75 Å². The molecule has 6 heteroatoms. The summed E-state index contributed by atoms with van der Waals surface area (Å²) in [6, 6.07) is 16.5. The molecule has 0 aliphatic heterocycles. The fraction of sp³-hybridized carbons (Fsp3) is 0.143. The van der Waals surface area contributed by atoms with Gasteiger partial charge < -0.3 is 18.5 Å². The van der Waals surface area contributed by atoms with Crippen LogP contribution in [0.4, 0.5) is 0 Å². The highest BCUT2D eigenvalue weighted by molar-refractivity contribution is 5.97. The molecule has 0 atom stereocenters. The molecule has 0 aliphatic carbocycles. The number of aromatic nitrogens is 1. The SMILES string of the molecule is COc1cccc2cc(C(=O)N(Cc3ccccn3)Cc3ccco3)oc12. The Morgan fingerprint density at radius 1 is 1.11 bits per heavy atom. The number of methoxy groups -OCH3 is 1. The van der Waals surface area contributed by atoms with Gasteiger partial charge in [-0.3, -0.25) is 9.78 Å². The Balaban J connectivity index is 1.67. The Kier molecular flexibility index (Phi) is 4.61. The van der Waals surface area contributed by atoms with Gasteiger partial charge in [0.15, 0.2) is 17.1 Å². The Morgan fingerprint density at radius 3 is 2.78 bits per heavy atom. The van der Waals surface area contributed by atoms with Crippen LogP contribution in [-0.2, 0) is 13.1 Å². The van der Waals surface area contributed by atoms with E-state index in [1.54, 1.807) is 42.7 Å². The number of amides is 1. The maximum atomic E-state index is 13.2. The first-order valence-electron chi connectivity index (χ1n) is 8.52. The molecule has 0 saturated heterocycles. The molecule has 0 spiro atoms. The maximum Gasteiger partial charge on any atom is 0.290 e. The van der Waals surface area contributed by atoms with Crippen molar-refractivity contribution >= 4 is 16.9 Å². The topological polar surface area (TPSA) is 68.7 Å². The molecule has 1 aromatic carbocycles. The summed E-state index contributed by atoms with van der Waals surface area (Å²) in [5, 5.41) is 0.813. The number of pyridine rings is 1. The summed E-state index contributed by atoms with van der Waals surface area (Å²) < 4.78 is 16.6. The first-order valence-corrected chi connectivity index (χ1v) is 8.52. The second-order valence-electron chi connectivity index (χ2n) is 6.05. The van der Waals surface area contributed by atoms with Gasteiger partial charge in [-0.05, 0) is 36.4 Å². The van der Waals surface area contributed by atoms with Crippen LogP contribution in [0, 0.1) is 0 Å². The molecule has 3 aromatic heterocycles. The van der Waals surface area contributed by atoms with Crippen LogP contribution >= 0.6 is 0 Å². The summed E-state index contributed by atoms with van der Waals surface area (Å²) in [5.74, 6) is 1.29. The molecular weight excluding hydrogens is 344 g/mol. The van der Waals surface area contributed by atoms with Crippen molar-refractivity contribution < 1.29 is 18.4 Å². The molecule has 0 N–H and O–H groups in total. The van der Waals surface area contributed by atoms with E-state index in [1.807, 2.05) is 36.4 Å². The summed E-state index contributed by atoms with van der Waals surface area (Å²) in [6.07, 6.45) is 3.29. The zero-order valence-corrected chi connectivity index (χ0v) is 14.8. The fourth-order valence-electron chi connectivity index (χ4n) is 2.94. The zero-order valence-electron chi connectivity index (χ0n) is 14.8. The van der Waals surface area contributed by atoms with Crippen LogP contribution < -0.4 is 4.74 Å². The van der Waals surface area contributed by atoms with E-state index in [1.165, 1.54) is 0 Å². The summed E-state index contributed by atoms with van der Waals surface area (Å²) >= 11 is 0. The standard InChI is InChI=1S/C21H18N2O4/c1-25-18-9-4-6-15-12-19(27-20(15)18)21(24)23(14-17-8-5-11-26-17)13-16-7-2-3-10-22-16/h2-12H,13-14H2,1H3. The van der Waals surface area contributed by atoms with Gasteiger partial charge in [-0.1, -0.05) is 18.2 Å². The highest BCUT2D eigenvalue weighted by Gasteiger charge is 2.22. The first-order chi connectivity index (χ1) is 13.2. The number of hydrogen-bond acceptors (Lipinski definition) is 5. The van der Waals surface area contributed by atoms with Crippen molar-refractivity contribution in [1.29, 1.82) is 0 Å². The normalized spacial score (nSPS) is 10.9. The maximum absolute atomic E-state index is 13.2. The van der Waals surface area contributed by atoms with Crippen LogP contribution in [-0.4, -0.2) is 22.9 Å². The number of furan rings is 2. The summed E-state index contributed by atoms with van der Waals surface area (Å²) in [6.45, 7) is 0.658. The largest absolute Gasteiger partial charge is 0.493 e. The fourth-order valence-corrected chi connectivity index (χ4v) is 2.94. The van der Waals surface area contributed by atoms with Crippen molar-refractivity contribution in [2.45, 2.75) is 13.1 Å². The van der Waals surface area contributed by atoms with Gasteiger partial charge in [0.1, 0.15) is 5.76 Å². The Labute approximate surface area is 156 Å². The first kappa shape index (κ1) is 16.9. The third kappa shape index (κ3) is 3.55. The number of nitrogens with zero attached hydrogens (tertiary/aromatic N) is 2. The van der Waals surface area contributed by atoms with Crippen molar-refractivity contribution in [1.82, 2.24) is 9.88 Å². The van der Waals surface area contributed by atoms with Gasteiger partial charge in [0.05, 0.1) is 32.2 Å². The van der Waals surface area contributed by atoms with Gasteiger partial charge >= 0.3 is 0 Å². The Bertz CT molecular complexity index is 1040. The second-order valence-corrected chi connectivity index (χ2v) is 6.05. The third-order valence-electron chi connectivity index (χ3n) is 4.23. The van der Waals surface area contributed by atoms with Crippen LogP contribution in [0.15, 0.2) is 75.9 Å². The second kappa shape index (κ2) is 7.37. The summed E-state index contributed by atoms with van der Waals surface area (Å²) in [7, 11) is 1.57. The minimum Gasteiger partial charge on any atom is -0.493 e. The number of ether oxygens (including phenoxy) is 1. The van der Waals surface area contributed by atoms with Crippen molar-refractivity contribution in [2.24, 2.45) is 0 Å². The molecule has 0 fully saturated rings. The highest BCUT2D eigenvalue weighted by atomic mass is 16.5. The van der Waals surface area contributed by atoms with Crippen LogP contribution in [0.25, 0.3) is 11.0 Å². The van der Waals surface area contributed by atoms with Crippen LogP contribution in [0.3, 0.4) is 0 Å². The molecule has 27 heavy (non-hydrogen) atoms. The van der Waals surface area contributed by atoms with E-state index in [0.29, 0.717) is 30.2 Å². The number of para-hydroxylation sites is 1. The van der Waals surface area contributed by atoms with Crippen molar-refractivity contribution in [3.05, 3.63) is 84.3 Å². The van der Waals surface area contributed by atoms with Gasteiger partial charge in [-0.15, -0.1) is 0 Å².